The second kappa shape index (κ2) is 265. The summed E-state index contributed by atoms with van der Waals surface area (Å²) in [4.78, 5) is 0. The van der Waals surface area contributed by atoms with Crippen LogP contribution in [0.1, 0.15) is 0 Å². The van der Waals surface area contributed by atoms with E-state index in [1.54, 1.807) is 0 Å². The van der Waals surface area contributed by atoms with E-state index >= 15 is 0 Å². The zero-order chi connectivity index (χ0) is 2.00. The summed E-state index contributed by atoms with van der Waals surface area (Å²) >= 11 is -0.438. The van der Waals surface area contributed by atoms with Gasteiger partial charge in [0.15, 0.2) is 0 Å². The molecule has 0 aromatic carbocycles. The minimum absolute atomic E-state index is 0. The Balaban J connectivity index is -0.00000000167. The van der Waals surface area contributed by atoms with Gasteiger partial charge < -0.3 is 16.4 Å². The summed E-state index contributed by atoms with van der Waals surface area (Å²) in [6.07, 6.45) is 0. The van der Waals surface area contributed by atoms with Crippen LogP contribution in [0.15, 0.2) is 0 Å². The van der Waals surface area contributed by atoms with Crippen LogP contribution in [0, 0.1) is 0 Å². The second-order valence-corrected chi connectivity index (χ2v) is 0. The van der Waals surface area contributed by atoms with Gasteiger partial charge in [-0.15, -0.1) is 0 Å². The fraction of sp³-hybridized carbons (Fsp3) is 0. The van der Waals surface area contributed by atoms with Crippen molar-refractivity contribution < 1.29 is 19.7 Å². The van der Waals surface area contributed by atoms with Gasteiger partial charge in [0.2, 0.25) is 0 Å². The van der Waals surface area contributed by atoms with Crippen molar-refractivity contribution in [2.24, 2.45) is 0 Å². The molecule has 0 saturated heterocycles. The zero-order valence-corrected chi connectivity index (χ0v) is 7.07. The van der Waals surface area contributed by atoms with Crippen molar-refractivity contribution in [2.45, 2.75) is 0 Å². The number of rotatable bonds is 0. The summed E-state index contributed by atoms with van der Waals surface area (Å²) in [5, 5.41) is 0. The Morgan fingerprint density at radius 2 is 0.800 bits per heavy atom. The molecule has 0 fully saturated rings. The molecule has 0 aromatic heterocycles. The molecule has 0 heterocycles. The van der Waals surface area contributed by atoms with E-state index in [-0.39, 0.29) is 16.4 Å². The second-order valence-electron chi connectivity index (χ2n) is 0. The fourth-order valence-electron chi connectivity index (χ4n) is 0. The van der Waals surface area contributed by atoms with Gasteiger partial charge in [0.05, 0.1) is 0 Å². The first-order chi connectivity index (χ1) is 1.00. The van der Waals surface area contributed by atoms with Crippen molar-refractivity contribution in [3.05, 3.63) is 0 Å². The van der Waals surface area contributed by atoms with Gasteiger partial charge in [-0.2, -0.15) is 0 Å². The van der Waals surface area contributed by atoms with E-state index in [9.17, 15) is 3.29 Å². The van der Waals surface area contributed by atoms with Gasteiger partial charge in [-0.25, -0.2) is 0 Å². The third-order valence-electron chi connectivity index (χ3n) is 0. The van der Waals surface area contributed by atoms with Crippen molar-refractivity contribution in [1.82, 2.24) is 0 Å². The van der Waals surface area contributed by atoms with Gasteiger partial charge in [0.1, 0.15) is 0 Å². The van der Waals surface area contributed by atoms with Crippen LogP contribution in [0.5, 0.6) is 0 Å². The first-order valence-corrected chi connectivity index (χ1v) is 1.96. The van der Waals surface area contributed by atoms with Crippen molar-refractivity contribution in [3.63, 3.8) is 0 Å². The molecule has 0 atom stereocenters. The van der Waals surface area contributed by atoms with Gasteiger partial charge >= 0.3 is 22.4 Å². The molecule has 0 radical (unpaired) electrons. The summed E-state index contributed by atoms with van der Waals surface area (Å²) in [7, 11) is 0. The Morgan fingerprint density at radius 3 is 0.800 bits per heavy atom. The first kappa shape index (κ1) is 51.5. The summed E-state index contributed by atoms with van der Waals surface area (Å²) in [5.74, 6) is 0. The minimum atomic E-state index is -0.438. The van der Waals surface area contributed by atoms with Crippen molar-refractivity contribution in [2.75, 3.05) is 0 Å². The third kappa shape index (κ3) is 134. The van der Waals surface area contributed by atoms with E-state index in [0.29, 0.717) is 0 Å². The van der Waals surface area contributed by atoms with Crippen molar-refractivity contribution in [1.29, 1.82) is 0 Å². The normalized spacial score (nSPS) is 1.00. The molecule has 0 saturated carbocycles. The molecule has 0 spiro atoms. The number of hydrogen-bond acceptors (Lipinski definition) is 0. The Kier molecular flexibility index (Phi) is 2730. The summed E-state index contributed by atoms with van der Waals surface area (Å²) in [6, 6.07) is 0. The Bertz CT molecular complexity index is 6.85. The van der Waals surface area contributed by atoms with Crippen LogP contribution in [0.3, 0.4) is 0 Å². The van der Waals surface area contributed by atoms with E-state index in [0.717, 1.165) is 0 Å². The molecule has 0 aliphatic carbocycles. The molecule has 0 aromatic rings. The predicted octanol–water partition coefficient (Wildman–Crippen LogP) is -2.97. The molecule has 5 heteroatoms. The first-order valence-electron chi connectivity index (χ1n) is 0.378. The van der Waals surface area contributed by atoms with Gasteiger partial charge in [-0.1, -0.05) is 0 Å². The molecule has 5 heavy (non-hydrogen) atoms. The average molecular weight is 145 g/mol. The molecule has 0 bridgehead atoms. The summed E-state index contributed by atoms with van der Waals surface area (Å²) in [6.45, 7) is 0. The molecule has 36 valence electrons. The standard InChI is InChI=1S/FH.Ga.3H2O.2H/h1H;;3*1H2;;/q;+1;;;;;/p-1. The molecule has 6 N–H and O–H groups in total. The quantitative estimate of drug-likeness (QED) is 0.325. The van der Waals surface area contributed by atoms with Crippen LogP contribution in [0.4, 0.5) is 3.29 Å². The maximum absolute atomic E-state index is 9.69. The van der Waals surface area contributed by atoms with Gasteiger partial charge in [-0.3, -0.25) is 0 Å². The summed E-state index contributed by atoms with van der Waals surface area (Å²) in [5.41, 5.74) is 0. The molecule has 0 rings (SSSR count). The van der Waals surface area contributed by atoms with Crippen LogP contribution < -0.4 is 0 Å². The topological polar surface area (TPSA) is 94.5 Å². The molecule has 0 unspecified atom stereocenters. The zero-order valence-electron chi connectivity index (χ0n) is 2.88. The van der Waals surface area contributed by atoms with Gasteiger partial charge in [-0.05, 0) is 0 Å². The van der Waals surface area contributed by atoms with Crippen LogP contribution in [0.25, 0.3) is 0 Å². The fourth-order valence-corrected chi connectivity index (χ4v) is 0. The van der Waals surface area contributed by atoms with Crippen LogP contribution >= 0.6 is 0 Å². The molecule has 3 nitrogen and oxygen atoms in total. The monoisotopic (exact) mass is 144 g/mol. The maximum atomic E-state index is 9.69. The van der Waals surface area contributed by atoms with Crippen LogP contribution in [0.2, 0.25) is 0 Å². The number of halogens is 1. The Morgan fingerprint density at radius 1 is 0.800 bits per heavy atom. The van der Waals surface area contributed by atoms with E-state index in [2.05, 4.69) is 0 Å². The number of hydrogen-bond donors (Lipinski definition) is 0. The molecule has 0 aliphatic rings. The van der Waals surface area contributed by atoms with Crippen molar-refractivity contribution in [3.8, 4) is 0 Å². The predicted molar refractivity (Wildman–Crippen MR) is 20.5 cm³/mol. The Hall–Kier alpha value is 0.446. The Labute approximate surface area is 39.6 Å². The van der Waals surface area contributed by atoms with E-state index in [4.69, 9.17) is 0 Å². The van der Waals surface area contributed by atoms with Crippen molar-refractivity contribution >= 4 is 19.1 Å². The third-order valence-corrected chi connectivity index (χ3v) is 0. The summed E-state index contributed by atoms with van der Waals surface area (Å²) < 4.78 is 9.69. The molecule has 0 amide bonds. The van der Waals surface area contributed by atoms with Gasteiger partial charge in [0, 0.05) is 0 Å². The van der Waals surface area contributed by atoms with Crippen LogP contribution in [-0.4, -0.2) is 35.5 Å². The van der Waals surface area contributed by atoms with E-state index < -0.39 is 19.1 Å². The average Bonchev–Trinajstić information content (AvgIpc) is 1.00. The van der Waals surface area contributed by atoms with Crippen LogP contribution in [-0.2, 0) is 0 Å². The molecular weight excluding hydrogens is 137 g/mol. The van der Waals surface area contributed by atoms with Gasteiger partial charge in [0.25, 0.3) is 0 Å². The van der Waals surface area contributed by atoms with E-state index in [1.807, 2.05) is 0 Å². The SMILES string of the molecule is O.O.O.[F][GaH2]. The molecule has 0 aliphatic heterocycles. The van der Waals surface area contributed by atoms with E-state index in [1.165, 1.54) is 0 Å². The molecular formula is H8FGaO3.